The predicted molar refractivity (Wildman–Crippen MR) is 121 cm³/mol. The number of rotatable bonds is 7. The second-order valence-electron chi connectivity index (χ2n) is 8.53. The highest BCUT2D eigenvalue weighted by Gasteiger charge is 2.59. The van der Waals surface area contributed by atoms with Crippen molar-refractivity contribution in [3.05, 3.63) is 76.1 Å². The third kappa shape index (κ3) is 4.05. The van der Waals surface area contributed by atoms with Gasteiger partial charge in [-0.2, -0.15) is 10.1 Å². The molecule has 1 saturated carbocycles. The van der Waals surface area contributed by atoms with Gasteiger partial charge in [-0.1, -0.05) is 24.3 Å². The molecule has 1 N–H and O–H groups in total. The Labute approximate surface area is 198 Å². The minimum absolute atomic E-state index is 0.0231. The normalized spacial score (nSPS) is 24.3. The standard InChI is InChI=1S/C24H19FN4O6/c25-16-4-2-5-17(10-16)27-19(30)12-35-22-15(3-1-6-18(22)29(33)34)11-26-28-23(31)20-13-7-8-14(9-13)21(20)24(28)32/h1-8,10-11,13-14,20-21H,9,12H2,(H,27,30). The van der Waals surface area contributed by atoms with E-state index < -0.39 is 52.6 Å². The van der Waals surface area contributed by atoms with Crippen LogP contribution in [0.2, 0.25) is 0 Å². The zero-order chi connectivity index (χ0) is 24.7. The van der Waals surface area contributed by atoms with Crippen molar-refractivity contribution in [2.45, 2.75) is 6.42 Å². The molecular weight excluding hydrogens is 459 g/mol. The van der Waals surface area contributed by atoms with Gasteiger partial charge in [0, 0.05) is 17.3 Å². The number of hydrazone groups is 1. The van der Waals surface area contributed by atoms with Gasteiger partial charge in [0.1, 0.15) is 5.82 Å². The molecule has 11 heteroatoms. The molecule has 2 aliphatic carbocycles. The molecule has 1 heterocycles. The van der Waals surface area contributed by atoms with Gasteiger partial charge in [-0.15, -0.1) is 0 Å². The number of carbonyl (C=O) groups excluding carboxylic acids is 3. The molecule has 4 unspecified atom stereocenters. The number of nitro benzene ring substituents is 1. The molecule has 3 amide bonds. The molecule has 1 saturated heterocycles. The number of imide groups is 1. The van der Waals surface area contributed by atoms with E-state index in [1.807, 2.05) is 12.2 Å². The molecule has 1 aliphatic heterocycles. The summed E-state index contributed by atoms with van der Waals surface area (Å²) < 4.78 is 18.8. The molecule has 35 heavy (non-hydrogen) atoms. The Hall–Kier alpha value is -4.41. The fourth-order valence-electron chi connectivity index (χ4n) is 4.97. The number of nitrogens with zero attached hydrogens (tertiary/aromatic N) is 3. The Balaban J connectivity index is 1.34. The van der Waals surface area contributed by atoms with Crippen molar-refractivity contribution >= 4 is 35.3 Å². The maximum absolute atomic E-state index is 13.3. The zero-order valence-electron chi connectivity index (χ0n) is 18.2. The number of para-hydroxylation sites is 1. The van der Waals surface area contributed by atoms with Crippen LogP contribution in [0.25, 0.3) is 0 Å². The number of halogens is 1. The summed E-state index contributed by atoms with van der Waals surface area (Å²) in [6.45, 7) is -0.608. The lowest BCUT2D eigenvalue weighted by molar-refractivity contribution is -0.385. The van der Waals surface area contributed by atoms with Crippen LogP contribution in [0.3, 0.4) is 0 Å². The van der Waals surface area contributed by atoms with Crippen LogP contribution in [0.1, 0.15) is 12.0 Å². The SMILES string of the molecule is O=C(COc1c(C=NN2C(=O)C3C4C=CC(C4)C3C2=O)cccc1[N+](=O)[O-])Nc1cccc(F)c1. The van der Waals surface area contributed by atoms with Gasteiger partial charge in [-0.25, -0.2) is 4.39 Å². The van der Waals surface area contributed by atoms with Crippen molar-refractivity contribution in [1.82, 2.24) is 5.01 Å². The second-order valence-corrected chi connectivity index (χ2v) is 8.53. The molecule has 3 aliphatic rings. The lowest BCUT2D eigenvalue weighted by Gasteiger charge is -2.13. The molecule has 2 aromatic rings. The van der Waals surface area contributed by atoms with Crippen LogP contribution in [-0.2, 0) is 14.4 Å². The number of fused-ring (bicyclic) bond motifs is 5. The third-order valence-electron chi connectivity index (χ3n) is 6.44. The van der Waals surface area contributed by atoms with Gasteiger partial charge in [-0.3, -0.25) is 24.5 Å². The van der Waals surface area contributed by atoms with Crippen LogP contribution in [0.5, 0.6) is 5.75 Å². The van der Waals surface area contributed by atoms with Gasteiger partial charge >= 0.3 is 5.69 Å². The van der Waals surface area contributed by atoms with Gasteiger partial charge < -0.3 is 10.1 Å². The van der Waals surface area contributed by atoms with Gasteiger partial charge in [0.25, 0.3) is 17.7 Å². The number of benzene rings is 2. The summed E-state index contributed by atoms with van der Waals surface area (Å²) in [6, 6.07) is 9.26. The molecule has 178 valence electrons. The molecule has 0 radical (unpaired) electrons. The summed E-state index contributed by atoms with van der Waals surface area (Å²) >= 11 is 0. The van der Waals surface area contributed by atoms with Crippen molar-refractivity contribution in [3.63, 3.8) is 0 Å². The van der Waals surface area contributed by atoms with Gasteiger partial charge in [0.15, 0.2) is 6.61 Å². The van der Waals surface area contributed by atoms with Crippen LogP contribution in [0.15, 0.2) is 59.7 Å². The number of hydrogen-bond donors (Lipinski definition) is 1. The molecular formula is C24H19FN4O6. The average molecular weight is 478 g/mol. The highest BCUT2D eigenvalue weighted by molar-refractivity contribution is 6.07. The van der Waals surface area contributed by atoms with E-state index in [0.717, 1.165) is 23.7 Å². The van der Waals surface area contributed by atoms with Crippen LogP contribution in [0, 0.1) is 39.6 Å². The number of amides is 3. The van der Waals surface area contributed by atoms with E-state index in [0.29, 0.717) is 0 Å². The molecule has 4 atom stereocenters. The van der Waals surface area contributed by atoms with Crippen LogP contribution in [0.4, 0.5) is 15.8 Å². The number of nitro groups is 1. The first kappa shape index (κ1) is 22.4. The fourth-order valence-corrected chi connectivity index (χ4v) is 4.97. The van der Waals surface area contributed by atoms with Gasteiger partial charge in [-0.05, 0) is 42.5 Å². The monoisotopic (exact) mass is 478 g/mol. The van der Waals surface area contributed by atoms with E-state index in [1.54, 1.807) is 0 Å². The van der Waals surface area contributed by atoms with E-state index in [9.17, 15) is 28.9 Å². The minimum atomic E-state index is -0.683. The highest BCUT2D eigenvalue weighted by atomic mass is 19.1. The Morgan fingerprint density at radius 2 is 1.86 bits per heavy atom. The van der Waals surface area contributed by atoms with E-state index >= 15 is 0 Å². The molecule has 2 bridgehead atoms. The Bertz CT molecular complexity index is 1280. The number of carbonyl (C=O) groups is 3. The summed E-state index contributed by atoms with van der Waals surface area (Å²) in [5.41, 5.74) is -0.120. The fraction of sp³-hybridized carbons (Fsp3) is 0.250. The highest BCUT2D eigenvalue weighted by Crippen LogP contribution is 2.52. The number of ether oxygens (including phenoxy) is 1. The van der Waals surface area contributed by atoms with E-state index in [4.69, 9.17) is 4.74 Å². The molecule has 0 spiro atoms. The summed E-state index contributed by atoms with van der Waals surface area (Å²) in [5, 5.41) is 18.8. The Morgan fingerprint density at radius 3 is 2.51 bits per heavy atom. The summed E-state index contributed by atoms with van der Waals surface area (Å²) in [7, 11) is 0. The predicted octanol–water partition coefficient (Wildman–Crippen LogP) is 2.89. The van der Waals surface area contributed by atoms with Crippen LogP contribution in [-0.4, -0.2) is 40.5 Å². The lowest BCUT2D eigenvalue weighted by atomic mass is 9.85. The van der Waals surface area contributed by atoms with Crippen molar-refractivity contribution in [1.29, 1.82) is 0 Å². The summed E-state index contributed by atoms with van der Waals surface area (Å²) in [4.78, 5) is 48.7. The number of anilines is 1. The molecule has 2 aromatic carbocycles. The largest absolute Gasteiger partial charge is 0.476 e. The second kappa shape index (κ2) is 8.75. The van der Waals surface area contributed by atoms with Crippen molar-refractivity contribution in [2.75, 3.05) is 11.9 Å². The van der Waals surface area contributed by atoms with E-state index in [1.165, 1.54) is 36.4 Å². The molecule has 10 nitrogen and oxygen atoms in total. The van der Waals surface area contributed by atoms with E-state index in [-0.39, 0.29) is 28.8 Å². The molecule has 2 fully saturated rings. The quantitative estimate of drug-likeness (QED) is 0.214. The summed E-state index contributed by atoms with van der Waals surface area (Å²) in [6.07, 6.45) is 5.85. The Kier molecular flexibility index (Phi) is 5.59. The first-order valence-corrected chi connectivity index (χ1v) is 10.9. The van der Waals surface area contributed by atoms with Gasteiger partial charge in [0.05, 0.1) is 23.0 Å². The number of hydrogen-bond acceptors (Lipinski definition) is 7. The Morgan fingerprint density at radius 1 is 1.17 bits per heavy atom. The topological polar surface area (TPSA) is 131 Å². The smallest absolute Gasteiger partial charge is 0.311 e. The van der Waals surface area contributed by atoms with Crippen LogP contribution >= 0.6 is 0 Å². The average Bonchev–Trinajstić information content (AvgIpc) is 3.50. The first-order chi connectivity index (χ1) is 16.8. The number of nitrogens with one attached hydrogen (secondary N) is 1. The number of allylic oxidation sites excluding steroid dienone is 2. The first-order valence-electron chi connectivity index (χ1n) is 10.9. The van der Waals surface area contributed by atoms with Crippen LogP contribution < -0.4 is 10.1 Å². The molecule has 0 aromatic heterocycles. The van der Waals surface area contributed by atoms with Crippen molar-refractivity contribution in [3.8, 4) is 5.75 Å². The van der Waals surface area contributed by atoms with Gasteiger partial charge in [0.2, 0.25) is 5.75 Å². The minimum Gasteiger partial charge on any atom is -0.476 e. The third-order valence-corrected chi connectivity index (χ3v) is 6.44. The van der Waals surface area contributed by atoms with Crippen molar-refractivity contribution < 1.29 is 28.4 Å². The summed E-state index contributed by atoms with van der Waals surface area (Å²) in [5.74, 6) is -3.06. The van der Waals surface area contributed by atoms with Crippen molar-refractivity contribution in [2.24, 2.45) is 28.8 Å². The zero-order valence-corrected chi connectivity index (χ0v) is 18.2. The van der Waals surface area contributed by atoms with E-state index in [2.05, 4.69) is 10.4 Å². The maximum atomic E-state index is 13.3. The molecule has 5 rings (SSSR count). The lowest BCUT2D eigenvalue weighted by Crippen LogP contribution is -2.28. The maximum Gasteiger partial charge on any atom is 0.311 e.